The van der Waals surface area contributed by atoms with Gasteiger partial charge in [0.2, 0.25) is 0 Å². The van der Waals surface area contributed by atoms with Gasteiger partial charge in [-0.05, 0) is 55.0 Å². The predicted octanol–water partition coefficient (Wildman–Crippen LogP) is 4.63. The summed E-state index contributed by atoms with van der Waals surface area (Å²) in [5.41, 5.74) is 1.77. The molecule has 1 heterocycles. The maximum absolute atomic E-state index is 12.1. The summed E-state index contributed by atoms with van der Waals surface area (Å²) in [7, 11) is 1.60. The number of nitrogens with one attached hydrogen (secondary N) is 1. The number of methoxy groups -OCH3 is 1. The van der Waals surface area contributed by atoms with Crippen LogP contribution in [-0.2, 0) is 4.79 Å². The molecule has 0 fully saturated rings. The van der Waals surface area contributed by atoms with Crippen LogP contribution in [0, 0.1) is 0 Å². The fourth-order valence-corrected chi connectivity index (χ4v) is 3.12. The second kappa shape index (κ2) is 9.75. The Labute approximate surface area is 168 Å². The van der Waals surface area contributed by atoms with E-state index in [0.717, 1.165) is 29.2 Å². The van der Waals surface area contributed by atoms with Crippen LogP contribution < -0.4 is 19.5 Å². The molecule has 146 valence electrons. The summed E-state index contributed by atoms with van der Waals surface area (Å²) in [6.07, 6.45) is 0.971. The highest BCUT2D eigenvalue weighted by atomic mass is 32.1. The minimum Gasteiger partial charge on any atom is -0.497 e. The van der Waals surface area contributed by atoms with E-state index in [1.165, 1.54) is 11.3 Å². The molecule has 2 aromatic carbocycles. The molecular weight excluding hydrogens is 376 g/mol. The van der Waals surface area contributed by atoms with E-state index < -0.39 is 0 Å². The first kappa shape index (κ1) is 19.7. The highest BCUT2D eigenvalue weighted by Crippen LogP contribution is 2.26. The first-order valence-electron chi connectivity index (χ1n) is 8.93. The van der Waals surface area contributed by atoms with E-state index in [9.17, 15) is 4.79 Å². The van der Waals surface area contributed by atoms with Gasteiger partial charge in [-0.15, -0.1) is 11.3 Å². The zero-order valence-corrected chi connectivity index (χ0v) is 16.6. The Kier molecular flexibility index (Phi) is 6.86. The molecule has 7 heteroatoms. The number of carbonyl (C=O) groups is 1. The Morgan fingerprint density at radius 1 is 1.00 bits per heavy atom. The van der Waals surface area contributed by atoms with E-state index in [-0.39, 0.29) is 12.5 Å². The monoisotopic (exact) mass is 398 g/mol. The number of amides is 1. The maximum Gasteiger partial charge on any atom is 0.264 e. The van der Waals surface area contributed by atoms with Crippen molar-refractivity contribution < 1.29 is 19.0 Å². The molecule has 0 unspecified atom stereocenters. The topological polar surface area (TPSA) is 69.7 Å². The molecule has 0 saturated carbocycles. The molecule has 1 amide bonds. The molecule has 0 saturated heterocycles. The number of ether oxygens (including phenoxy) is 3. The molecule has 0 aliphatic heterocycles. The van der Waals surface area contributed by atoms with E-state index in [0.29, 0.717) is 17.5 Å². The minimum atomic E-state index is -0.264. The van der Waals surface area contributed by atoms with Crippen molar-refractivity contribution in [1.29, 1.82) is 0 Å². The SMILES string of the molecule is CCCOc1ccc(-c2csc(NC(=O)COc3ccc(OC)cc3)n2)cc1. The van der Waals surface area contributed by atoms with Crippen LogP contribution in [0.15, 0.2) is 53.9 Å². The van der Waals surface area contributed by atoms with Crippen molar-refractivity contribution in [2.24, 2.45) is 0 Å². The molecule has 0 aliphatic rings. The first-order valence-corrected chi connectivity index (χ1v) is 9.81. The first-order chi connectivity index (χ1) is 13.7. The van der Waals surface area contributed by atoms with Gasteiger partial charge in [-0.1, -0.05) is 6.92 Å². The second-order valence-electron chi connectivity index (χ2n) is 5.92. The molecule has 0 spiro atoms. The third kappa shape index (κ3) is 5.47. The van der Waals surface area contributed by atoms with Crippen LogP contribution in [0.4, 0.5) is 5.13 Å². The van der Waals surface area contributed by atoms with Crippen LogP contribution in [0.3, 0.4) is 0 Å². The highest BCUT2D eigenvalue weighted by molar-refractivity contribution is 7.14. The summed E-state index contributed by atoms with van der Waals surface area (Å²) in [6, 6.07) is 14.8. The summed E-state index contributed by atoms with van der Waals surface area (Å²) in [4.78, 5) is 16.6. The number of aromatic nitrogens is 1. The quantitative estimate of drug-likeness (QED) is 0.569. The lowest BCUT2D eigenvalue weighted by molar-refractivity contribution is -0.118. The average Bonchev–Trinajstić information content (AvgIpc) is 3.20. The molecule has 3 rings (SSSR count). The van der Waals surface area contributed by atoms with Crippen molar-refractivity contribution in [3.05, 3.63) is 53.9 Å². The van der Waals surface area contributed by atoms with Gasteiger partial charge in [0.15, 0.2) is 11.7 Å². The number of nitrogens with zero attached hydrogens (tertiary/aromatic N) is 1. The number of rotatable bonds is 9. The Balaban J connectivity index is 1.52. The van der Waals surface area contributed by atoms with Crippen molar-refractivity contribution in [2.45, 2.75) is 13.3 Å². The van der Waals surface area contributed by atoms with Gasteiger partial charge in [0.1, 0.15) is 17.2 Å². The maximum atomic E-state index is 12.1. The lowest BCUT2D eigenvalue weighted by Gasteiger charge is -2.06. The van der Waals surface area contributed by atoms with Crippen molar-refractivity contribution in [3.8, 4) is 28.5 Å². The van der Waals surface area contributed by atoms with Gasteiger partial charge < -0.3 is 14.2 Å². The highest BCUT2D eigenvalue weighted by Gasteiger charge is 2.09. The Morgan fingerprint density at radius 2 is 1.64 bits per heavy atom. The van der Waals surface area contributed by atoms with E-state index in [1.807, 2.05) is 29.6 Å². The van der Waals surface area contributed by atoms with E-state index >= 15 is 0 Å². The largest absolute Gasteiger partial charge is 0.497 e. The standard InChI is InChI=1S/C21H22N2O4S/c1-3-12-26-17-6-4-15(5-7-17)19-14-28-21(22-19)23-20(24)13-27-18-10-8-16(25-2)9-11-18/h4-11,14H,3,12-13H2,1-2H3,(H,22,23,24). The van der Waals surface area contributed by atoms with Crippen LogP contribution in [-0.4, -0.2) is 31.2 Å². The fourth-order valence-electron chi connectivity index (χ4n) is 2.38. The van der Waals surface area contributed by atoms with Crippen LogP contribution in [0.2, 0.25) is 0 Å². The second-order valence-corrected chi connectivity index (χ2v) is 6.78. The summed E-state index contributed by atoms with van der Waals surface area (Å²) < 4.78 is 16.1. The number of benzene rings is 2. The number of anilines is 1. The van der Waals surface area contributed by atoms with Gasteiger partial charge in [0.25, 0.3) is 5.91 Å². The van der Waals surface area contributed by atoms with Gasteiger partial charge in [-0.3, -0.25) is 10.1 Å². The Hall–Kier alpha value is -3.06. The third-order valence-corrected chi connectivity index (χ3v) is 4.56. The molecule has 0 atom stereocenters. The lowest BCUT2D eigenvalue weighted by atomic mass is 10.2. The predicted molar refractivity (Wildman–Crippen MR) is 110 cm³/mol. The van der Waals surface area contributed by atoms with E-state index in [1.54, 1.807) is 31.4 Å². The molecule has 0 radical (unpaired) electrons. The van der Waals surface area contributed by atoms with Gasteiger partial charge in [0.05, 0.1) is 19.4 Å². The normalized spacial score (nSPS) is 10.4. The molecule has 28 heavy (non-hydrogen) atoms. The number of hydrogen-bond donors (Lipinski definition) is 1. The summed E-state index contributed by atoms with van der Waals surface area (Å²) >= 11 is 1.37. The minimum absolute atomic E-state index is 0.0926. The molecule has 0 bridgehead atoms. The number of hydrogen-bond acceptors (Lipinski definition) is 6. The molecule has 3 aromatic rings. The van der Waals surface area contributed by atoms with Gasteiger partial charge >= 0.3 is 0 Å². The lowest BCUT2D eigenvalue weighted by Crippen LogP contribution is -2.20. The fraction of sp³-hybridized carbons (Fsp3) is 0.238. The molecular formula is C21H22N2O4S. The summed E-state index contributed by atoms with van der Waals surface area (Å²) in [5.74, 6) is 1.91. The van der Waals surface area contributed by atoms with Crippen molar-refractivity contribution in [2.75, 3.05) is 25.6 Å². The van der Waals surface area contributed by atoms with Crippen LogP contribution in [0.25, 0.3) is 11.3 Å². The molecule has 6 nitrogen and oxygen atoms in total. The number of thiazole rings is 1. The smallest absolute Gasteiger partial charge is 0.264 e. The number of carbonyl (C=O) groups excluding carboxylic acids is 1. The molecule has 0 aliphatic carbocycles. The van der Waals surface area contributed by atoms with E-state index in [4.69, 9.17) is 14.2 Å². The molecule has 1 aromatic heterocycles. The zero-order valence-electron chi connectivity index (χ0n) is 15.8. The van der Waals surface area contributed by atoms with Crippen molar-refractivity contribution in [1.82, 2.24) is 4.98 Å². The van der Waals surface area contributed by atoms with Crippen LogP contribution in [0.1, 0.15) is 13.3 Å². The Bertz CT molecular complexity index is 892. The van der Waals surface area contributed by atoms with Crippen molar-refractivity contribution in [3.63, 3.8) is 0 Å². The summed E-state index contributed by atoms with van der Waals surface area (Å²) in [5, 5.41) is 5.19. The van der Waals surface area contributed by atoms with E-state index in [2.05, 4.69) is 17.2 Å². The third-order valence-electron chi connectivity index (χ3n) is 3.80. The van der Waals surface area contributed by atoms with Gasteiger partial charge in [-0.25, -0.2) is 4.98 Å². The van der Waals surface area contributed by atoms with Crippen LogP contribution in [0.5, 0.6) is 17.2 Å². The zero-order chi connectivity index (χ0) is 19.8. The summed E-state index contributed by atoms with van der Waals surface area (Å²) in [6.45, 7) is 2.68. The Morgan fingerprint density at radius 3 is 2.32 bits per heavy atom. The molecule has 1 N–H and O–H groups in total. The van der Waals surface area contributed by atoms with Crippen LogP contribution >= 0.6 is 11.3 Å². The average molecular weight is 398 g/mol. The van der Waals surface area contributed by atoms with Crippen molar-refractivity contribution >= 4 is 22.4 Å². The van der Waals surface area contributed by atoms with Gasteiger partial charge in [-0.2, -0.15) is 0 Å². The van der Waals surface area contributed by atoms with Gasteiger partial charge in [0, 0.05) is 10.9 Å².